The van der Waals surface area contributed by atoms with Gasteiger partial charge >= 0.3 is 0 Å². The van der Waals surface area contributed by atoms with Crippen molar-refractivity contribution in [1.82, 2.24) is 5.32 Å². The van der Waals surface area contributed by atoms with E-state index in [1.165, 1.54) is 32.1 Å². The van der Waals surface area contributed by atoms with Crippen molar-refractivity contribution in [1.29, 1.82) is 0 Å². The maximum absolute atomic E-state index is 3.78. The van der Waals surface area contributed by atoms with Crippen LogP contribution in [0.2, 0.25) is 0 Å². The molecule has 0 amide bonds. The molecule has 11 heavy (non-hydrogen) atoms. The molecule has 1 N–H and O–H groups in total. The highest BCUT2D eigenvalue weighted by molar-refractivity contribution is 5.00. The molecule has 3 unspecified atom stereocenters. The van der Waals surface area contributed by atoms with E-state index in [2.05, 4.69) is 5.32 Å². The van der Waals surface area contributed by atoms with Gasteiger partial charge in [-0.2, -0.15) is 0 Å². The molecule has 0 saturated heterocycles. The molecule has 0 spiro atoms. The van der Waals surface area contributed by atoms with Crippen LogP contribution in [-0.4, -0.2) is 12.1 Å². The van der Waals surface area contributed by atoms with E-state index < -0.39 is 0 Å². The van der Waals surface area contributed by atoms with E-state index in [1.807, 2.05) is 0 Å². The minimum absolute atomic E-state index is 0.930. The fraction of sp³-hybridized carbons (Fsp3) is 1.00. The number of hydrogen-bond donors (Lipinski definition) is 1. The van der Waals surface area contributed by atoms with Crippen molar-refractivity contribution in [3.63, 3.8) is 0 Å². The van der Waals surface area contributed by atoms with E-state index in [9.17, 15) is 0 Å². The molecule has 0 radical (unpaired) electrons. The van der Waals surface area contributed by atoms with Gasteiger partial charge in [0.25, 0.3) is 0 Å². The van der Waals surface area contributed by atoms with Crippen molar-refractivity contribution in [3.8, 4) is 0 Å². The van der Waals surface area contributed by atoms with Crippen LogP contribution in [0.15, 0.2) is 0 Å². The number of hydrogen-bond acceptors (Lipinski definition) is 1. The van der Waals surface area contributed by atoms with Crippen molar-refractivity contribution < 1.29 is 0 Å². The third-order valence-corrected chi connectivity index (χ3v) is 3.61. The zero-order valence-electron chi connectivity index (χ0n) is 7.05. The molecular weight excluding hydrogens is 134 g/mol. The Bertz CT molecular complexity index is 162. The monoisotopic (exact) mass is 151 g/mol. The van der Waals surface area contributed by atoms with Gasteiger partial charge < -0.3 is 5.32 Å². The molecule has 0 aliphatic heterocycles. The average Bonchev–Trinajstić information content (AvgIpc) is 2.80. The molecule has 0 aromatic rings. The molecular formula is C10H17N. The summed E-state index contributed by atoms with van der Waals surface area (Å²) in [5.74, 6) is 2.24. The standard InChI is InChI=1S/C10H17N/c1-2-7-6-9(7)10(3-1)11-8-4-5-8/h7-11H,1-6H2. The Hall–Kier alpha value is -0.0400. The quantitative estimate of drug-likeness (QED) is 0.636. The fourth-order valence-electron chi connectivity index (χ4n) is 2.67. The van der Waals surface area contributed by atoms with E-state index in [4.69, 9.17) is 0 Å². The lowest BCUT2D eigenvalue weighted by molar-refractivity contribution is 0.352. The van der Waals surface area contributed by atoms with Gasteiger partial charge in [0.2, 0.25) is 0 Å². The first-order valence-electron chi connectivity index (χ1n) is 5.19. The van der Waals surface area contributed by atoms with Crippen LogP contribution in [0.1, 0.15) is 38.5 Å². The molecule has 1 nitrogen and oxygen atoms in total. The zero-order chi connectivity index (χ0) is 7.26. The summed E-state index contributed by atoms with van der Waals surface area (Å²) in [5, 5.41) is 3.78. The lowest BCUT2D eigenvalue weighted by atomic mass is 9.95. The molecule has 1 heteroatoms. The highest BCUT2D eigenvalue weighted by Crippen LogP contribution is 2.50. The summed E-state index contributed by atoms with van der Waals surface area (Å²) in [5.41, 5.74) is 0. The molecule has 3 aliphatic carbocycles. The maximum atomic E-state index is 3.78. The minimum Gasteiger partial charge on any atom is -0.311 e. The molecule has 3 aliphatic rings. The predicted octanol–water partition coefficient (Wildman–Crippen LogP) is 1.93. The van der Waals surface area contributed by atoms with Crippen LogP contribution >= 0.6 is 0 Å². The first kappa shape index (κ1) is 6.47. The Morgan fingerprint density at radius 3 is 2.73 bits per heavy atom. The molecule has 0 bridgehead atoms. The molecule has 0 aromatic carbocycles. The van der Waals surface area contributed by atoms with Crippen molar-refractivity contribution in [3.05, 3.63) is 0 Å². The second kappa shape index (κ2) is 2.22. The normalized spacial score (nSPS) is 48.5. The van der Waals surface area contributed by atoms with Crippen LogP contribution in [0.3, 0.4) is 0 Å². The van der Waals surface area contributed by atoms with E-state index in [0.717, 1.165) is 23.9 Å². The third kappa shape index (κ3) is 1.20. The van der Waals surface area contributed by atoms with Gasteiger partial charge in [-0.3, -0.25) is 0 Å². The molecule has 3 fully saturated rings. The first-order chi connectivity index (χ1) is 5.43. The van der Waals surface area contributed by atoms with Gasteiger partial charge in [-0.1, -0.05) is 12.8 Å². The fourth-order valence-corrected chi connectivity index (χ4v) is 2.67. The Labute approximate surface area is 68.6 Å². The van der Waals surface area contributed by atoms with Crippen LogP contribution in [-0.2, 0) is 0 Å². The average molecular weight is 151 g/mol. The number of fused-ring (bicyclic) bond motifs is 1. The summed E-state index contributed by atoms with van der Waals surface area (Å²) in [4.78, 5) is 0. The molecule has 0 aromatic heterocycles. The first-order valence-corrected chi connectivity index (χ1v) is 5.19. The Balaban J connectivity index is 1.58. The van der Waals surface area contributed by atoms with Crippen LogP contribution in [0.25, 0.3) is 0 Å². The van der Waals surface area contributed by atoms with E-state index in [0.29, 0.717) is 0 Å². The van der Waals surface area contributed by atoms with Gasteiger partial charge in [-0.25, -0.2) is 0 Å². The molecule has 0 heterocycles. The van der Waals surface area contributed by atoms with Crippen LogP contribution in [0.4, 0.5) is 0 Å². The van der Waals surface area contributed by atoms with Crippen molar-refractivity contribution in [2.24, 2.45) is 11.8 Å². The van der Waals surface area contributed by atoms with Crippen LogP contribution in [0.5, 0.6) is 0 Å². The second-order valence-electron chi connectivity index (χ2n) is 4.64. The molecule has 3 rings (SSSR count). The van der Waals surface area contributed by atoms with Gasteiger partial charge in [0.05, 0.1) is 0 Å². The highest BCUT2D eigenvalue weighted by atomic mass is 15.0. The van der Waals surface area contributed by atoms with Gasteiger partial charge in [-0.05, 0) is 37.5 Å². The van der Waals surface area contributed by atoms with Crippen molar-refractivity contribution in [2.45, 2.75) is 50.6 Å². The summed E-state index contributed by atoms with van der Waals surface area (Å²) < 4.78 is 0. The summed E-state index contributed by atoms with van der Waals surface area (Å²) in [6, 6.07) is 1.86. The van der Waals surface area contributed by atoms with Crippen LogP contribution < -0.4 is 5.32 Å². The van der Waals surface area contributed by atoms with E-state index in [1.54, 1.807) is 6.42 Å². The number of nitrogens with one attached hydrogen (secondary N) is 1. The highest BCUT2D eigenvalue weighted by Gasteiger charge is 2.46. The van der Waals surface area contributed by atoms with Gasteiger partial charge in [0, 0.05) is 12.1 Å². The minimum atomic E-state index is 0.930. The summed E-state index contributed by atoms with van der Waals surface area (Å²) in [7, 11) is 0. The number of rotatable bonds is 2. The maximum Gasteiger partial charge on any atom is 0.0101 e. The predicted molar refractivity (Wildman–Crippen MR) is 45.4 cm³/mol. The smallest absolute Gasteiger partial charge is 0.0101 e. The van der Waals surface area contributed by atoms with Crippen molar-refractivity contribution in [2.75, 3.05) is 0 Å². The van der Waals surface area contributed by atoms with Crippen LogP contribution in [0, 0.1) is 11.8 Å². The Morgan fingerprint density at radius 1 is 1.00 bits per heavy atom. The van der Waals surface area contributed by atoms with Gasteiger partial charge in [0.1, 0.15) is 0 Å². The molecule has 62 valence electrons. The lowest BCUT2D eigenvalue weighted by Gasteiger charge is -2.22. The van der Waals surface area contributed by atoms with Gasteiger partial charge in [-0.15, -0.1) is 0 Å². The topological polar surface area (TPSA) is 12.0 Å². The Morgan fingerprint density at radius 2 is 1.91 bits per heavy atom. The summed E-state index contributed by atoms with van der Waals surface area (Å²) >= 11 is 0. The third-order valence-electron chi connectivity index (χ3n) is 3.61. The van der Waals surface area contributed by atoms with E-state index in [-0.39, 0.29) is 0 Å². The summed E-state index contributed by atoms with van der Waals surface area (Å²) in [6.07, 6.45) is 8.95. The summed E-state index contributed by atoms with van der Waals surface area (Å²) in [6.45, 7) is 0. The van der Waals surface area contributed by atoms with E-state index >= 15 is 0 Å². The largest absolute Gasteiger partial charge is 0.311 e. The molecule has 3 atom stereocenters. The SMILES string of the molecule is C1CC2CC2C(NC2CC2)C1. The Kier molecular flexibility index (Phi) is 1.31. The second-order valence-corrected chi connectivity index (χ2v) is 4.64. The lowest BCUT2D eigenvalue weighted by Crippen LogP contribution is -2.35. The van der Waals surface area contributed by atoms with Gasteiger partial charge in [0.15, 0.2) is 0 Å². The molecule has 3 saturated carbocycles. The zero-order valence-corrected chi connectivity index (χ0v) is 7.05. The van der Waals surface area contributed by atoms with Crippen molar-refractivity contribution >= 4 is 0 Å².